The third-order valence-electron chi connectivity index (χ3n) is 7.90. The van der Waals surface area contributed by atoms with E-state index < -0.39 is 36.8 Å². The lowest BCUT2D eigenvalue weighted by Crippen LogP contribution is -2.50. The first kappa shape index (κ1) is 32.8. The van der Waals surface area contributed by atoms with Crippen LogP contribution in [0.4, 0.5) is 0 Å². The van der Waals surface area contributed by atoms with Gasteiger partial charge in [0.15, 0.2) is 0 Å². The van der Waals surface area contributed by atoms with Crippen molar-refractivity contribution in [1.29, 1.82) is 0 Å². The summed E-state index contributed by atoms with van der Waals surface area (Å²) in [5.41, 5.74) is 4.01. The zero-order valence-corrected chi connectivity index (χ0v) is 26.2. The van der Waals surface area contributed by atoms with Crippen molar-refractivity contribution in [3.05, 3.63) is 138 Å². The SMILES string of the molecule is CC(C)(C)c1ccc(O[C@H]2O[C@H](COCc3ccccc3)[C@@H](OCc3ccccc3)[C@H](OCc3ccccc3)[C@H](O)[C@@H]2O)cc1. The van der Waals surface area contributed by atoms with Crippen molar-refractivity contribution in [1.82, 2.24) is 0 Å². The molecule has 0 spiro atoms. The van der Waals surface area contributed by atoms with Crippen LogP contribution in [-0.4, -0.2) is 53.6 Å². The van der Waals surface area contributed by atoms with Gasteiger partial charge >= 0.3 is 0 Å². The second-order valence-electron chi connectivity index (χ2n) is 12.4. The maximum Gasteiger partial charge on any atom is 0.229 e. The van der Waals surface area contributed by atoms with Crippen LogP contribution in [0.5, 0.6) is 5.75 Å². The molecule has 0 bridgehead atoms. The van der Waals surface area contributed by atoms with Gasteiger partial charge in [0, 0.05) is 0 Å². The van der Waals surface area contributed by atoms with E-state index in [9.17, 15) is 10.2 Å². The lowest BCUT2D eigenvalue weighted by atomic mass is 9.87. The van der Waals surface area contributed by atoms with Gasteiger partial charge in [0.1, 0.15) is 36.3 Å². The molecule has 0 amide bonds. The zero-order chi connectivity index (χ0) is 31.6. The molecule has 0 aromatic heterocycles. The Balaban J connectivity index is 1.42. The summed E-state index contributed by atoms with van der Waals surface area (Å²) in [7, 11) is 0. The predicted molar refractivity (Wildman–Crippen MR) is 173 cm³/mol. The van der Waals surface area contributed by atoms with E-state index in [1.165, 1.54) is 0 Å². The second kappa shape index (κ2) is 15.6. The fourth-order valence-corrected chi connectivity index (χ4v) is 5.29. The molecule has 0 aliphatic carbocycles. The molecule has 1 saturated heterocycles. The first-order valence-corrected chi connectivity index (χ1v) is 15.5. The van der Waals surface area contributed by atoms with E-state index in [1.54, 1.807) is 0 Å². The Morgan fingerprint density at radius 1 is 0.600 bits per heavy atom. The molecule has 4 aromatic carbocycles. The van der Waals surface area contributed by atoms with Crippen LogP contribution >= 0.6 is 0 Å². The molecule has 1 heterocycles. The van der Waals surface area contributed by atoms with Gasteiger partial charge in [-0.25, -0.2) is 0 Å². The van der Waals surface area contributed by atoms with E-state index in [4.69, 9.17) is 23.7 Å². The molecule has 5 rings (SSSR count). The number of aliphatic hydroxyl groups is 2. The average Bonchev–Trinajstić information content (AvgIpc) is 3.14. The summed E-state index contributed by atoms with van der Waals surface area (Å²) in [6.45, 7) is 7.35. The van der Waals surface area contributed by atoms with Gasteiger partial charge in [0.05, 0.1) is 26.4 Å². The highest BCUT2D eigenvalue weighted by molar-refractivity contribution is 5.31. The van der Waals surface area contributed by atoms with E-state index in [0.717, 1.165) is 22.3 Å². The fraction of sp³-hybridized carbons (Fsp3) is 0.368. The second-order valence-corrected chi connectivity index (χ2v) is 12.4. The minimum atomic E-state index is -1.44. The van der Waals surface area contributed by atoms with Gasteiger partial charge in [-0.1, -0.05) is 124 Å². The Labute approximate surface area is 266 Å². The minimum absolute atomic E-state index is 0.0269. The van der Waals surface area contributed by atoms with Crippen LogP contribution in [0.25, 0.3) is 0 Å². The topological polar surface area (TPSA) is 86.6 Å². The fourth-order valence-electron chi connectivity index (χ4n) is 5.29. The largest absolute Gasteiger partial charge is 0.462 e. The van der Waals surface area contributed by atoms with E-state index in [2.05, 4.69) is 20.8 Å². The quantitative estimate of drug-likeness (QED) is 0.197. The van der Waals surface area contributed by atoms with Crippen LogP contribution < -0.4 is 4.74 Å². The highest BCUT2D eigenvalue weighted by Crippen LogP contribution is 2.30. The Morgan fingerprint density at radius 2 is 1.09 bits per heavy atom. The summed E-state index contributed by atoms with van der Waals surface area (Å²) in [4.78, 5) is 0. The van der Waals surface area contributed by atoms with Crippen molar-refractivity contribution >= 4 is 0 Å². The third-order valence-corrected chi connectivity index (χ3v) is 7.90. The molecule has 45 heavy (non-hydrogen) atoms. The Hall–Kier alpha value is -3.56. The maximum absolute atomic E-state index is 11.6. The molecular weight excluding hydrogens is 568 g/mol. The van der Waals surface area contributed by atoms with E-state index >= 15 is 0 Å². The molecule has 7 heteroatoms. The zero-order valence-electron chi connectivity index (χ0n) is 26.2. The van der Waals surface area contributed by atoms with Crippen molar-refractivity contribution in [3.8, 4) is 5.75 Å². The van der Waals surface area contributed by atoms with E-state index in [1.807, 2.05) is 115 Å². The van der Waals surface area contributed by atoms with Crippen LogP contribution in [-0.2, 0) is 44.2 Å². The first-order chi connectivity index (χ1) is 21.8. The third kappa shape index (κ3) is 9.23. The van der Waals surface area contributed by atoms with Gasteiger partial charge in [-0.05, 0) is 39.8 Å². The highest BCUT2D eigenvalue weighted by Gasteiger charge is 2.48. The molecule has 238 valence electrons. The normalized spacial score (nSPS) is 23.8. The van der Waals surface area contributed by atoms with Gasteiger partial charge in [-0.15, -0.1) is 0 Å². The summed E-state index contributed by atoms with van der Waals surface area (Å²) >= 11 is 0. The Bertz CT molecular complexity index is 1410. The molecule has 1 fully saturated rings. The van der Waals surface area contributed by atoms with Gasteiger partial charge in [0.2, 0.25) is 6.29 Å². The molecule has 0 saturated carbocycles. The number of rotatable bonds is 12. The van der Waals surface area contributed by atoms with Crippen LogP contribution in [0.3, 0.4) is 0 Å². The minimum Gasteiger partial charge on any atom is -0.462 e. The number of aliphatic hydroxyl groups excluding tert-OH is 2. The number of hydrogen-bond acceptors (Lipinski definition) is 7. The van der Waals surface area contributed by atoms with Crippen LogP contribution in [0, 0.1) is 0 Å². The van der Waals surface area contributed by atoms with Gasteiger partial charge < -0.3 is 33.9 Å². The van der Waals surface area contributed by atoms with Crippen molar-refractivity contribution in [2.75, 3.05) is 6.61 Å². The van der Waals surface area contributed by atoms with E-state index in [-0.39, 0.29) is 25.2 Å². The highest BCUT2D eigenvalue weighted by atomic mass is 16.7. The van der Waals surface area contributed by atoms with Gasteiger partial charge in [-0.2, -0.15) is 0 Å². The van der Waals surface area contributed by atoms with Crippen LogP contribution in [0.2, 0.25) is 0 Å². The summed E-state index contributed by atoms with van der Waals surface area (Å²) in [5.74, 6) is 0.508. The molecule has 4 aromatic rings. The number of hydrogen-bond donors (Lipinski definition) is 2. The van der Waals surface area contributed by atoms with Crippen molar-refractivity contribution in [3.63, 3.8) is 0 Å². The van der Waals surface area contributed by atoms with Crippen LogP contribution in [0.1, 0.15) is 43.0 Å². The van der Waals surface area contributed by atoms with Crippen LogP contribution in [0.15, 0.2) is 115 Å². The summed E-state index contributed by atoms with van der Waals surface area (Å²) in [6, 6.07) is 37.0. The summed E-state index contributed by atoms with van der Waals surface area (Å²) in [6.07, 6.45) is -6.53. The summed E-state index contributed by atoms with van der Waals surface area (Å²) in [5, 5.41) is 23.1. The molecule has 0 radical (unpaired) electrons. The molecule has 1 aliphatic rings. The molecule has 0 unspecified atom stereocenters. The van der Waals surface area contributed by atoms with Gasteiger partial charge in [-0.3, -0.25) is 0 Å². The molecule has 1 aliphatic heterocycles. The molecule has 2 N–H and O–H groups in total. The van der Waals surface area contributed by atoms with E-state index in [0.29, 0.717) is 12.4 Å². The summed E-state index contributed by atoms with van der Waals surface area (Å²) < 4.78 is 31.6. The predicted octanol–water partition coefficient (Wildman–Crippen LogP) is 6.20. The first-order valence-electron chi connectivity index (χ1n) is 15.5. The molecular formula is C38H44O7. The number of benzene rings is 4. The lowest BCUT2D eigenvalue weighted by molar-refractivity contribution is -0.206. The monoisotopic (exact) mass is 612 g/mol. The molecule has 6 atom stereocenters. The van der Waals surface area contributed by atoms with Crippen molar-refractivity contribution < 1.29 is 33.9 Å². The smallest absolute Gasteiger partial charge is 0.229 e. The Kier molecular flexibility index (Phi) is 11.4. The average molecular weight is 613 g/mol. The number of ether oxygens (including phenoxy) is 5. The standard InChI is InChI=1S/C38H44O7/c1-38(2,3)30-19-21-31(22-20-30)44-37-34(40)33(39)36(43-25-29-17-11-6-12-18-29)35(42-24-28-15-9-5-10-16-28)32(45-37)26-41-23-27-13-7-4-8-14-27/h4-22,32-37,39-40H,23-26H2,1-3H3/t32-,33-,34+,35-,36-,37+/m1/s1. The maximum atomic E-state index is 11.6. The lowest BCUT2D eigenvalue weighted by Gasteiger charge is -2.33. The van der Waals surface area contributed by atoms with Gasteiger partial charge in [0.25, 0.3) is 0 Å². The Morgan fingerprint density at radius 3 is 1.60 bits per heavy atom. The van der Waals surface area contributed by atoms with Crippen molar-refractivity contribution in [2.45, 2.75) is 82.8 Å². The molecule has 7 nitrogen and oxygen atoms in total. The van der Waals surface area contributed by atoms with Crippen molar-refractivity contribution in [2.24, 2.45) is 0 Å².